The maximum Gasteiger partial charge on any atom is 0.110 e. The Bertz CT molecular complexity index is 393. The van der Waals surface area contributed by atoms with Crippen LogP contribution in [0.1, 0.15) is 0 Å². The molecule has 11 heavy (non-hydrogen) atoms. The highest BCUT2D eigenvalue weighted by atomic mass is 79.9. The molecule has 2 aromatic rings. The van der Waals surface area contributed by atoms with Crippen molar-refractivity contribution in [3.63, 3.8) is 0 Å². The van der Waals surface area contributed by atoms with Crippen molar-refractivity contribution in [3.8, 4) is 0 Å². The molecular formula is C7H6BrN3. The molecule has 0 saturated carbocycles. The van der Waals surface area contributed by atoms with Crippen LogP contribution in [-0.2, 0) is 0 Å². The summed E-state index contributed by atoms with van der Waals surface area (Å²) in [6.45, 7) is 0. The lowest BCUT2D eigenvalue weighted by molar-refractivity contribution is 1.10. The van der Waals surface area contributed by atoms with Crippen LogP contribution in [0.3, 0.4) is 0 Å². The molecule has 56 valence electrons. The van der Waals surface area contributed by atoms with E-state index < -0.39 is 0 Å². The molecule has 0 aliphatic carbocycles. The first-order chi connectivity index (χ1) is 5.29. The van der Waals surface area contributed by atoms with Gasteiger partial charge < -0.3 is 5.73 Å². The van der Waals surface area contributed by atoms with E-state index in [1.54, 1.807) is 0 Å². The Hall–Kier alpha value is -1.03. The van der Waals surface area contributed by atoms with E-state index in [1.165, 1.54) is 0 Å². The van der Waals surface area contributed by atoms with Gasteiger partial charge in [-0.2, -0.15) is 5.10 Å². The predicted octanol–water partition coefficient (Wildman–Crippen LogP) is 1.91. The molecule has 3 N–H and O–H groups in total. The second kappa shape index (κ2) is 2.23. The number of nitrogen functional groups attached to an aromatic ring is 1. The predicted molar refractivity (Wildman–Crippen MR) is 48.2 cm³/mol. The minimum absolute atomic E-state index is 0.739. The van der Waals surface area contributed by atoms with Gasteiger partial charge in [-0.1, -0.05) is 6.07 Å². The molecule has 2 rings (SSSR count). The smallest absolute Gasteiger partial charge is 0.110 e. The second-order valence-electron chi connectivity index (χ2n) is 2.28. The van der Waals surface area contributed by atoms with Gasteiger partial charge in [0, 0.05) is 5.69 Å². The summed E-state index contributed by atoms with van der Waals surface area (Å²) >= 11 is 3.32. The highest BCUT2D eigenvalue weighted by Gasteiger charge is 2.03. The fraction of sp³-hybridized carbons (Fsp3) is 0. The molecular weight excluding hydrogens is 206 g/mol. The zero-order valence-electron chi connectivity index (χ0n) is 5.63. The topological polar surface area (TPSA) is 54.7 Å². The molecule has 0 aliphatic rings. The monoisotopic (exact) mass is 211 g/mol. The van der Waals surface area contributed by atoms with Crippen LogP contribution >= 0.6 is 15.9 Å². The third-order valence-electron chi connectivity index (χ3n) is 1.57. The van der Waals surface area contributed by atoms with Crippen LogP contribution in [0.5, 0.6) is 0 Å². The number of halogens is 1. The van der Waals surface area contributed by atoms with E-state index in [0.717, 1.165) is 21.2 Å². The number of nitrogens with zero attached hydrogens (tertiary/aromatic N) is 1. The van der Waals surface area contributed by atoms with Gasteiger partial charge in [-0.25, -0.2) is 0 Å². The number of benzene rings is 1. The Labute approximate surface area is 71.7 Å². The molecule has 0 fully saturated rings. The Kier molecular flexibility index (Phi) is 1.35. The average Bonchev–Trinajstić information content (AvgIpc) is 2.34. The van der Waals surface area contributed by atoms with Crippen molar-refractivity contribution in [3.05, 3.63) is 22.8 Å². The molecule has 0 amide bonds. The first kappa shape index (κ1) is 6.67. The number of H-pyrrole nitrogens is 1. The van der Waals surface area contributed by atoms with Gasteiger partial charge in [-0.3, -0.25) is 5.10 Å². The van der Waals surface area contributed by atoms with Gasteiger partial charge in [0.2, 0.25) is 0 Å². The molecule has 1 aromatic carbocycles. The van der Waals surface area contributed by atoms with Crippen LogP contribution in [0.2, 0.25) is 0 Å². The maximum atomic E-state index is 5.71. The summed E-state index contributed by atoms with van der Waals surface area (Å²) < 4.78 is 0.839. The van der Waals surface area contributed by atoms with E-state index in [0.29, 0.717) is 0 Å². The lowest BCUT2D eigenvalue weighted by Gasteiger charge is -1.92. The molecule has 4 heteroatoms. The number of hydrogen-bond acceptors (Lipinski definition) is 2. The number of aromatic nitrogens is 2. The van der Waals surface area contributed by atoms with E-state index in [4.69, 9.17) is 5.73 Å². The Balaban J connectivity index is 2.96. The Morgan fingerprint density at radius 2 is 2.27 bits per heavy atom. The summed E-state index contributed by atoms with van der Waals surface area (Å²) in [5, 5.41) is 7.78. The van der Waals surface area contributed by atoms with E-state index in [9.17, 15) is 0 Å². The standard InChI is InChI=1S/C7H6BrN3/c8-7-6-4(9)2-1-3-5(6)10-11-7/h1-3H,9H2,(H,10,11). The van der Waals surface area contributed by atoms with E-state index in [2.05, 4.69) is 26.1 Å². The quantitative estimate of drug-likeness (QED) is 0.655. The van der Waals surface area contributed by atoms with Gasteiger partial charge in [0.05, 0.1) is 10.9 Å². The van der Waals surface area contributed by atoms with Crippen molar-refractivity contribution >= 4 is 32.5 Å². The fourth-order valence-electron chi connectivity index (χ4n) is 1.06. The Morgan fingerprint density at radius 1 is 1.45 bits per heavy atom. The van der Waals surface area contributed by atoms with E-state index in [1.807, 2.05) is 18.2 Å². The number of rotatable bonds is 0. The molecule has 0 atom stereocenters. The van der Waals surface area contributed by atoms with Crippen LogP contribution in [-0.4, -0.2) is 10.2 Å². The third kappa shape index (κ3) is 0.903. The molecule has 0 spiro atoms. The van der Waals surface area contributed by atoms with Gasteiger partial charge in [-0.15, -0.1) is 0 Å². The van der Waals surface area contributed by atoms with Gasteiger partial charge >= 0.3 is 0 Å². The van der Waals surface area contributed by atoms with Crippen LogP contribution in [0.25, 0.3) is 10.9 Å². The minimum atomic E-state index is 0.739. The van der Waals surface area contributed by atoms with Crippen molar-refractivity contribution in [2.24, 2.45) is 0 Å². The molecule has 0 saturated heterocycles. The highest BCUT2D eigenvalue weighted by Crippen LogP contribution is 2.25. The number of fused-ring (bicyclic) bond motifs is 1. The molecule has 3 nitrogen and oxygen atoms in total. The van der Waals surface area contributed by atoms with Crippen LogP contribution in [0.4, 0.5) is 5.69 Å². The molecule has 1 heterocycles. The summed E-state index contributed by atoms with van der Waals surface area (Å²) in [4.78, 5) is 0. The van der Waals surface area contributed by atoms with E-state index in [-0.39, 0.29) is 0 Å². The van der Waals surface area contributed by atoms with Gasteiger partial charge in [0.25, 0.3) is 0 Å². The van der Waals surface area contributed by atoms with Crippen molar-refractivity contribution in [1.29, 1.82) is 0 Å². The number of nitrogens with one attached hydrogen (secondary N) is 1. The minimum Gasteiger partial charge on any atom is -0.398 e. The lowest BCUT2D eigenvalue weighted by Crippen LogP contribution is -1.83. The maximum absolute atomic E-state index is 5.71. The first-order valence-electron chi connectivity index (χ1n) is 3.17. The van der Waals surface area contributed by atoms with Gasteiger partial charge in [-0.05, 0) is 28.1 Å². The molecule has 0 unspecified atom stereocenters. The lowest BCUT2D eigenvalue weighted by atomic mass is 10.2. The van der Waals surface area contributed by atoms with Crippen molar-refractivity contribution in [1.82, 2.24) is 10.2 Å². The summed E-state index contributed by atoms with van der Waals surface area (Å²) in [7, 11) is 0. The van der Waals surface area contributed by atoms with Crippen LogP contribution in [0, 0.1) is 0 Å². The summed E-state index contributed by atoms with van der Waals surface area (Å²) in [6.07, 6.45) is 0. The summed E-state index contributed by atoms with van der Waals surface area (Å²) in [6, 6.07) is 5.64. The fourth-order valence-corrected chi connectivity index (χ4v) is 1.58. The van der Waals surface area contributed by atoms with Crippen LogP contribution < -0.4 is 5.73 Å². The molecule has 1 aromatic heterocycles. The number of aromatic amines is 1. The molecule has 0 bridgehead atoms. The van der Waals surface area contributed by atoms with E-state index >= 15 is 0 Å². The number of nitrogens with two attached hydrogens (primary N) is 1. The van der Waals surface area contributed by atoms with Crippen molar-refractivity contribution in [2.75, 3.05) is 5.73 Å². The SMILES string of the molecule is Nc1cccc2n[nH]c(Br)c12. The number of hydrogen-bond donors (Lipinski definition) is 2. The zero-order chi connectivity index (χ0) is 7.84. The second-order valence-corrected chi connectivity index (χ2v) is 3.07. The summed E-state index contributed by atoms with van der Waals surface area (Å²) in [5.74, 6) is 0. The molecule has 0 aliphatic heterocycles. The summed E-state index contributed by atoms with van der Waals surface area (Å²) in [5.41, 5.74) is 7.34. The normalized spacial score (nSPS) is 10.6. The van der Waals surface area contributed by atoms with Crippen molar-refractivity contribution < 1.29 is 0 Å². The van der Waals surface area contributed by atoms with Gasteiger partial charge in [0.1, 0.15) is 4.60 Å². The largest absolute Gasteiger partial charge is 0.398 e. The van der Waals surface area contributed by atoms with Crippen LogP contribution in [0.15, 0.2) is 22.8 Å². The average molecular weight is 212 g/mol. The third-order valence-corrected chi connectivity index (χ3v) is 2.14. The zero-order valence-corrected chi connectivity index (χ0v) is 7.22. The van der Waals surface area contributed by atoms with Crippen molar-refractivity contribution in [2.45, 2.75) is 0 Å². The highest BCUT2D eigenvalue weighted by molar-refractivity contribution is 9.10. The molecule has 0 radical (unpaired) electrons. The first-order valence-corrected chi connectivity index (χ1v) is 3.96. The number of anilines is 1. The Morgan fingerprint density at radius 3 is 3.00 bits per heavy atom. The van der Waals surface area contributed by atoms with Gasteiger partial charge in [0.15, 0.2) is 0 Å².